The summed E-state index contributed by atoms with van der Waals surface area (Å²) in [6.45, 7) is 5.76. The number of carbonyl (C=O) groups is 1. The van der Waals surface area contributed by atoms with E-state index in [1.165, 1.54) is 12.5 Å². The lowest BCUT2D eigenvalue weighted by Gasteiger charge is -2.34. The summed E-state index contributed by atoms with van der Waals surface area (Å²) in [6.07, 6.45) is 3.03. The van der Waals surface area contributed by atoms with Crippen LogP contribution in [0.4, 0.5) is 0 Å². The standard InChI is InChI=1S/C18H19N3O3S/c1-13-15(19-17(24-13)16-3-2-10-25-16)11-20-5-7-21(8-6-20)18(22)14-4-9-23-12-14/h2-4,9-10,12H,5-8,11H2,1H3. The molecule has 0 N–H and O–H groups in total. The fourth-order valence-corrected chi connectivity index (χ4v) is 3.62. The third kappa shape index (κ3) is 3.38. The molecule has 0 unspecified atom stereocenters. The van der Waals surface area contributed by atoms with E-state index in [4.69, 9.17) is 8.83 Å². The summed E-state index contributed by atoms with van der Waals surface area (Å²) in [7, 11) is 0. The van der Waals surface area contributed by atoms with Crippen LogP contribution in [0.3, 0.4) is 0 Å². The van der Waals surface area contributed by atoms with Crippen LogP contribution in [0.1, 0.15) is 21.8 Å². The number of piperazine rings is 1. The molecule has 6 nitrogen and oxygen atoms in total. The zero-order chi connectivity index (χ0) is 17.2. The van der Waals surface area contributed by atoms with Crippen LogP contribution in [-0.4, -0.2) is 46.9 Å². The number of furan rings is 1. The Morgan fingerprint density at radius 3 is 2.80 bits per heavy atom. The summed E-state index contributed by atoms with van der Waals surface area (Å²) in [6, 6.07) is 5.72. The molecule has 1 saturated heterocycles. The Bertz CT molecular complexity index is 831. The predicted octanol–water partition coefficient (Wildman–Crippen LogP) is 3.26. The highest BCUT2D eigenvalue weighted by atomic mass is 32.1. The van der Waals surface area contributed by atoms with Gasteiger partial charge in [-0.05, 0) is 24.4 Å². The van der Waals surface area contributed by atoms with Crippen molar-refractivity contribution < 1.29 is 13.6 Å². The van der Waals surface area contributed by atoms with Crippen LogP contribution in [0.5, 0.6) is 0 Å². The average Bonchev–Trinajstić information content (AvgIpc) is 3.38. The van der Waals surface area contributed by atoms with Crippen molar-refractivity contribution >= 4 is 17.2 Å². The quantitative estimate of drug-likeness (QED) is 0.717. The molecule has 0 bridgehead atoms. The van der Waals surface area contributed by atoms with Gasteiger partial charge in [-0.25, -0.2) is 4.98 Å². The van der Waals surface area contributed by atoms with E-state index < -0.39 is 0 Å². The second kappa shape index (κ2) is 6.85. The van der Waals surface area contributed by atoms with Gasteiger partial charge in [-0.15, -0.1) is 11.3 Å². The molecule has 0 aliphatic carbocycles. The SMILES string of the molecule is Cc1oc(-c2cccs2)nc1CN1CCN(C(=O)c2ccoc2)CC1. The first-order valence-corrected chi connectivity index (χ1v) is 9.12. The lowest BCUT2D eigenvalue weighted by atomic mass is 10.2. The summed E-state index contributed by atoms with van der Waals surface area (Å²) in [5, 5.41) is 2.02. The van der Waals surface area contributed by atoms with Crippen LogP contribution in [0.2, 0.25) is 0 Å². The van der Waals surface area contributed by atoms with Crippen LogP contribution in [0.25, 0.3) is 10.8 Å². The van der Waals surface area contributed by atoms with Gasteiger partial charge in [-0.3, -0.25) is 9.69 Å². The van der Waals surface area contributed by atoms with E-state index in [0.29, 0.717) is 24.5 Å². The molecule has 4 heterocycles. The van der Waals surface area contributed by atoms with Gasteiger partial charge in [0.15, 0.2) is 0 Å². The lowest BCUT2D eigenvalue weighted by molar-refractivity contribution is 0.0626. The van der Waals surface area contributed by atoms with Gasteiger partial charge < -0.3 is 13.7 Å². The van der Waals surface area contributed by atoms with E-state index in [9.17, 15) is 4.79 Å². The Morgan fingerprint density at radius 1 is 1.28 bits per heavy atom. The molecule has 25 heavy (non-hydrogen) atoms. The molecule has 1 amide bonds. The zero-order valence-corrected chi connectivity index (χ0v) is 14.8. The van der Waals surface area contributed by atoms with Crippen LogP contribution < -0.4 is 0 Å². The summed E-state index contributed by atoms with van der Waals surface area (Å²) in [5.41, 5.74) is 1.58. The first-order chi connectivity index (χ1) is 12.2. The fourth-order valence-electron chi connectivity index (χ4n) is 2.97. The highest BCUT2D eigenvalue weighted by molar-refractivity contribution is 7.13. The van der Waals surface area contributed by atoms with E-state index >= 15 is 0 Å². The van der Waals surface area contributed by atoms with E-state index in [0.717, 1.165) is 36.0 Å². The number of nitrogens with zero attached hydrogens (tertiary/aromatic N) is 3. The normalized spacial score (nSPS) is 15.6. The first-order valence-electron chi connectivity index (χ1n) is 8.25. The highest BCUT2D eigenvalue weighted by Gasteiger charge is 2.24. The maximum atomic E-state index is 12.3. The van der Waals surface area contributed by atoms with Crippen molar-refractivity contribution in [1.29, 1.82) is 0 Å². The van der Waals surface area contributed by atoms with Gasteiger partial charge in [-0.2, -0.15) is 0 Å². The Hall–Kier alpha value is -2.38. The van der Waals surface area contributed by atoms with Crippen LogP contribution in [0, 0.1) is 6.92 Å². The Balaban J connectivity index is 1.37. The van der Waals surface area contributed by atoms with E-state index in [1.54, 1.807) is 17.4 Å². The molecular formula is C18H19N3O3S. The molecule has 0 aromatic carbocycles. The van der Waals surface area contributed by atoms with Crippen molar-refractivity contribution in [3.05, 3.63) is 53.1 Å². The van der Waals surface area contributed by atoms with Crippen molar-refractivity contribution in [3.8, 4) is 10.8 Å². The maximum Gasteiger partial charge on any atom is 0.257 e. The maximum absolute atomic E-state index is 12.3. The summed E-state index contributed by atoms with van der Waals surface area (Å²) >= 11 is 1.62. The summed E-state index contributed by atoms with van der Waals surface area (Å²) in [4.78, 5) is 22.2. The van der Waals surface area contributed by atoms with Gasteiger partial charge in [0.25, 0.3) is 5.91 Å². The third-order valence-corrected chi connectivity index (χ3v) is 5.28. The summed E-state index contributed by atoms with van der Waals surface area (Å²) in [5.74, 6) is 1.59. The second-order valence-corrected chi connectivity index (χ2v) is 7.03. The first kappa shape index (κ1) is 16.1. The van der Waals surface area contributed by atoms with E-state index in [1.807, 2.05) is 29.3 Å². The fraction of sp³-hybridized carbons (Fsp3) is 0.333. The number of rotatable bonds is 4. The number of carbonyl (C=O) groups excluding carboxylic acids is 1. The minimum absolute atomic E-state index is 0.0333. The number of aryl methyl sites for hydroxylation is 1. The van der Waals surface area contributed by atoms with Gasteiger partial charge in [0, 0.05) is 32.7 Å². The van der Waals surface area contributed by atoms with Gasteiger partial charge in [-0.1, -0.05) is 6.07 Å². The number of hydrogen-bond acceptors (Lipinski definition) is 6. The molecule has 0 saturated carbocycles. The van der Waals surface area contributed by atoms with Gasteiger partial charge in [0.2, 0.25) is 5.89 Å². The lowest BCUT2D eigenvalue weighted by Crippen LogP contribution is -2.48. The van der Waals surface area contributed by atoms with Crippen molar-refractivity contribution in [2.24, 2.45) is 0 Å². The molecule has 1 aliphatic rings. The van der Waals surface area contributed by atoms with Crippen molar-refractivity contribution in [2.45, 2.75) is 13.5 Å². The highest BCUT2D eigenvalue weighted by Crippen LogP contribution is 2.26. The van der Waals surface area contributed by atoms with Gasteiger partial charge in [0.1, 0.15) is 12.0 Å². The topological polar surface area (TPSA) is 62.7 Å². The van der Waals surface area contributed by atoms with Gasteiger partial charge in [0.05, 0.1) is 22.4 Å². The Labute approximate surface area is 149 Å². The Morgan fingerprint density at radius 2 is 2.12 bits per heavy atom. The van der Waals surface area contributed by atoms with Crippen LogP contribution >= 0.6 is 11.3 Å². The van der Waals surface area contributed by atoms with E-state index in [-0.39, 0.29) is 5.91 Å². The molecule has 130 valence electrons. The number of oxazole rings is 1. The average molecular weight is 357 g/mol. The number of hydrogen-bond donors (Lipinski definition) is 0. The Kier molecular flexibility index (Phi) is 4.42. The van der Waals surface area contributed by atoms with Gasteiger partial charge >= 0.3 is 0 Å². The summed E-state index contributed by atoms with van der Waals surface area (Å²) < 4.78 is 10.8. The third-order valence-electron chi connectivity index (χ3n) is 4.43. The number of aromatic nitrogens is 1. The van der Waals surface area contributed by atoms with E-state index in [2.05, 4.69) is 9.88 Å². The number of amides is 1. The molecule has 0 radical (unpaired) electrons. The predicted molar refractivity (Wildman–Crippen MR) is 94.4 cm³/mol. The molecule has 3 aromatic heterocycles. The molecule has 4 rings (SSSR count). The second-order valence-electron chi connectivity index (χ2n) is 6.08. The molecular weight excluding hydrogens is 338 g/mol. The van der Waals surface area contributed by atoms with Crippen LogP contribution in [-0.2, 0) is 6.54 Å². The molecule has 1 aliphatic heterocycles. The largest absolute Gasteiger partial charge is 0.472 e. The van der Waals surface area contributed by atoms with Crippen molar-refractivity contribution in [2.75, 3.05) is 26.2 Å². The zero-order valence-electron chi connectivity index (χ0n) is 14.0. The van der Waals surface area contributed by atoms with Crippen molar-refractivity contribution in [3.63, 3.8) is 0 Å². The minimum atomic E-state index is 0.0333. The molecule has 3 aromatic rings. The monoisotopic (exact) mass is 357 g/mol. The number of thiophene rings is 1. The molecule has 7 heteroatoms. The van der Waals surface area contributed by atoms with Crippen LogP contribution in [0.15, 0.2) is 44.9 Å². The molecule has 0 spiro atoms. The molecule has 0 atom stereocenters. The molecule has 1 fully saturated rings. The van der Waals surface area contributed by atoms with Crippen molar-refractivity contribution in [1.82, 2.24) is 14.8 Å². The smallest absolute Gasteiger partial charge is 0.257 e. The minimum Gasteiger partial charge on any atom is -0.472 e.